The van der Waals surface area contributed by atoms with Crippen LogP contribution in [-0.2, 0) is 10.1 Å². The first-order chi connectivity index (χ1) is 9.39. The summed E-state index contributed by atoms with van der Waals surface area (Å²) in [6, 6.07) is 7.96. The molecule has 114 valence electrons. The third-order valence-corrected chi connectivity index (χ3v) is 4.56. The van der Waals surface area contributed by atoms with Crippen molar-refractivity contribution in [3.63, 3.8) is 0 Å². The summed E-state index contributed by atoms with van der Waals surface area (Å²) in [4.78, 5) is 0. The fourth-order valence-electron chi connectivity index (χ4n) is 1.86. The Kier molecular flexibility index (Phi) is 7.02. The first-order valence-electron chi connectivity index (χ1n) is 7.05. The Morgan fingerprint density at radius 1 is 1.10 bits per heavy atom. The fraction of sp³-hybridized carbons (Fsp3) is 0.600. The summed E-state index contributed by atoms with van der Waals surface area (Å²) < 4.78 is 36.1. The Bertz CT molecular complexity index is 479. The Morgan fingerprint density at radius 2 is 1.70 bits per heavy atom. The third kappa shape index (κ3) is 6.91. The van der Waals surface area contributed by atoms with Crippen molar-refractivity contribution < 1.29 is 17.7 Å². The number of rotatable bonds is 9. The summed E-state index contributed by atoms with van der Waals surface area (Å²) in [5, 5.41) is -0.661. The molecule has 0 aliphatic heterocycles. The number of unbranched alkanes of at least 4 members (excludes halogenated alkanes) is 3. The molecular formula is C15H24O4S. The van der Waals surface area contributed by atoms with Crippen molar-refractivity contribution >= 4 is 10.1 Å². The van der Waals surface area contributed by atoms with Crippen molar-refractivity contribution in [1.29, 1.82) is 0 Å². The molecular weight excluding hydrogens is 276 g/mol. The summed E-state index contributed by atoms with van der Waals surface area (Å²) in [5.41, 5.74) is 1.21. The average molecular weight is 300 g/mol. The van der Waals surface area contributed by atoms with Gasteiger partial charge in [0.05, 0.1) is 11.9 Å². The molecule has 0 saturated heterocycles. The first-order valence-corrected chi connectivity index (χ1v) is 8.55. The van der Waals surface area contributed by atoms with Gasteiger partial charge in [-0.2, -0.15) is 8.42 Å². The summed E-state index contributed by atoms with van der Waals surface area (Å²) in [6.45, 7) is 4.25. The van der Waals surface area contributed by atoms with E-state index in [0.29, 0.717) is 13.0 Å². The van der Waals surface area contributed by atoms with Crippen molar-refractivity contribution in [3.8, 4) is 5.75 Å². The van der Waals surface area contributed by atoms with Gasteiger partial charge in [0.1, 0.15) is 5.75 Å². The van der Waals surface area contributed by atoms with E-state index in [1.165, 1.54) is 12.5 Å². The molecule has 1 rings (SSSR count). The van der Waals surface area contributed by atoms with Gasteiger partial charge < -0.3 is 4.74 Å². The van der Waals surface area contributed by atoms with E-state index in [0.717, 1.165) is 31.4 Å². The monoisotopic (exact) mass is 300 g/mol. The number of benzene rings is 1. The van der Waals surface area contributed by atoms with Crippen LogP contribution in [0, 0.1) is 6.92 Å². The molecule has 5 heteroatoms. The SMILES string of the molecule is Cc1ccc(OCCCCCCC(C)S(=O)(=O)O)cc1. The molecule has 20 heavy (non-hydrogen) atoms. The summed E-state index contributed by atoms with van der Waals surface area (Å²) in [7, 11) is -3.86. The van der Waals surface area contributed by atoms with E-state index >= 15 is 0 Å². The van der Waals surface area contributed by atoms with Gasteiger partial charge in [-0.25, -0.2) is 0 Å². The van der Waals surface area contributed by atoms with Crippen LogP contribution >= 0.6 is 0 Å². The van der Waals surface area contributed by atoms with Gasteiger partial charge in [0, 0.05) is 0 Å². The molecule has 1 atom stereocenters. The van der Waals surface area contributed by atoms with Gasteiger partial charge in [-0.05, 0) is 38.8 Å². The van der Waals surface area contributed by atoms with Gasteiger partial charge in [-0.1, -0.05) is 37.0 Å². The second-order valence-electron chi connectivity index (χ2n) is 5.19. The van der Waals surface area contributed by atoms with Crippen molar-refractivity contribution in [2.24, 2.45) is 0 Å². The molecule has 0 aromatic heterocycles. The highest BCUT2D eigenvalue weighted by Gasteiger charge is 2.15. The molecule has 0 bridgehead atoms. The lowest BCUT2D eigenvalue weighted by molar-refractivity contribution is 0.304. The predicted octanol–water partition coefficient (Wildman–Crippen LogP) is 3.60. The molecule has 0 fully saturated rings. The van der Waals surface area contributed by atoms with Gasteiger partial charge in [-0.15, -0.1) is 0 Å². The van der Waals surface area contributed by atoms with Crippen molar-refractivity contribution in [2.75, 3.05) is 6.61 Å². The van der Waals surface area contributed by atoms with Crippen LogP contribution in [0.4, 0.5) is 0 Å². The lowest BCUT2D eigenvalue weighted by Crippen LogP contribution is -2.16. The van der Waals surface area contributed by atoms with Gasteiger partial charge in [0.15, 0.2) is 0 Å². The Labute approximate surface area is 121 Å². The quantitative estimate of drug-likeness (QED) is 0.559. The van der Waals surface area contributed by atoms with Crippen LogP contribution in [0.1, 0.15) is 44.6 Å². The number of ether oxygens (including phenoxy) is 1. The first kappa shape index (κ1) is 17.0. The van der Waals surface area contributed by atoms with Gasteiger partial charge in [0.2, 0.25) is 0 Å². The van der Waals surface area contributed by atoms with Crippen LogP contribution in [0.2, 0.25) is 0 Å². The Balaban J connectivity index is 2.04. The van der Waals surface area contributed by atoms with Crippen LogP contribution in [0.15, 0.2) is 24.3 Å². The highest BCUT2D eigenvalue weighted by Crippen LogP contribution is 2.13. The standard InChI is InChI=1S/C15H24O4S/c1-13-8-10-15(11-9-13)19-12-6-4-3-5-7-14(2)20(16,17)18/h8-11,14H,3-7,12H2,1-2H3,(H,16,17,18). The maximum atomic E-state index is 10.8. The molecule has 0 aliphatic carbocycles. The van der Waals surface area contributed by atoms with E-state index < -0.39 is 15.4 Å². The zero-order valence-corrected chi connectivity index (χ0v) is 13.0. The number of hydrogen-bond acceptors (Lipinski definition) is 3. The lowest BCUT2D eigenvalue weighted by atomic mass is 10.1. The van der Waals surface area contributed by atoms with Crippen molar-refractivity contribution in [3.05, 3.63) is 29.8 Å². The van der Waals surface area contributed by atoms with E-state index in [9.17, 15) is 8.42 Å². The zero-order chi connectivity index (χ0) is 15.0. The second-order valence-corrected chi connectivity index (χ2v) is 7.02. The molecule has 4 nitrogen and oxygen atoms in total. The maximum absolute atomic E-state index is 10.8. The number of aryl methyl sites for hydroxylation is 1. The molecule has 0 spiro atoms. The van der Waals surface area contributed by atoms with E-state index in [2.05, 4.69) is 0 Å². The highest BCUT2D eigenvalue weighted by molar-refractivity contribution is 7.86. The van der Waals surface area contributed by atoms with E-state index in [1.54, 1.807) is 0 Å². The van der Waals surface area contributed by atoms with Crippen LogP contribution in [0.25, 0.3) is 0 Å². The molecule has 1 unspecified atom stereocenters. The third-order valence-electron chi connectivity index (χ3n) is 3.30. The average Bonchev–Trinajstić information content (AvgIpc) is 2.38. The van der Waals surface area contributed by atoms with Crippen molar-refractivity contribution in [1.82, 2.24) is 0 Å². The minimum absolute atomic E-state index is 0.512. The van der Waals surface area contributed by atoms with Crippen LogP contribution in [0.3, 0.4) is 0 Å². The fourth-order valence-corrected chi connectivity index (χ4v) is 2.33. The van der Waals surface area contributed by atoms with Crippen molar-refractivity contribution in [2.45, 2.75) is 51.2 Å². The molecule has 1 aromatic carbocycles. The smallest absolute Gasteiger partial charge is 0.267 e. The molecule has 1 N–H and O–H groups in total. The molecule has 0 heterocycles. The van der Waals surface area contributed by atoms with E-state index in [1.807, 2.05) is 31.2 Å². The molecule has 0 radical (unpaired) electrons. The van der Waals surface area contributed by atoms with Crippen LogP contribution in [0.5, 0.6) is 5.75 Å². The summed E-state index contributed by atoms with van der Waals surface area (Å²) in [6.07, 6.45) is 4.23. The van der Waals surface area contributed by atoms with Gasteiger partial charge in [0.25, 0.3) is 10.1 Å². The van der Waals surface area contributed by atoms with Crippen LogP contribution < -0.4 is 4.74 Å². The van der Waals surface area contributed by atoms with E-state index in [4.69, 9.17) is 9.29 Å². The summed E-state index contributed by atoms with van der Waals surface area (Å²) in [5.74, 6) is 0.885. The van der Waals surface area contributed by atoms with Gasteiger partial charge >= 0.3 is 0 Å². The van der Waals surface area contributed by atoms with Crippen LogP contribution in [-0.4, -0.2) is 24.8 Å². The van der Waals surface area contributed by atoms with Gasteiger partial charge in [-0.3, -0.25) is 4.55 Å². The van der Waals surface area contributed by atoms with E-state index in [-0.39, 0.29) is 0 Å². The zero-order valence-electron chi connectivity index (χ0n) is 12.2. The minimum Gasteiger partial charge on any atom is -0.494 e. The highest BCUT2D eigenvalue weighted by atomic mass is 32.2. The molecule has 1 aromatic rings. The largest absolute Gasteiger partial charge is 0.494 e. The minimum atomic E-state index is -3.86. The molecule has 0 aliphatic rings. The normalized spacial score (nSPS) is 13.2. The Morgan fingerprint density at radius 3 is 2.30 bits per heavy atom. The molecule has 0 amide bonds. The second kappa shape index (κ2) is 8.27. The lowest BCUT2D eigenvalue weighted by Gasteiger charge is -2.08. The summed E-state index contributed by atoms with van der Waals surface area (Å²) >= 11 is 0. The maximum Gasteiger partial charge on any atom is 0.267 e. The number of hydrogen-bond donors (Lipinski definition) is 1. The molecule has 0 saturated carbocycles. The topological polar surface area (TPSA) is 63.6 Å². The predicted molar refractivity (Wildman–Crippen MR) is 80.8 cm³/mol. The Hall–Kier alpha value is -1.07.